The molecule has 4 fully saturated rings. The van der Waals surface area contributed by atoms with Crippen LogP contribution in [0.1, 0.15) is 113 Å². The number of aromatic nitrogens is 5. The van der Waals surface area contributed by atoms with Crippen LogP contribution >= 0.6 is 22.9 Å². The molecule has 0 bridgehead atoms. The number of thiophene rings is 1. The topological polar surface area (TPSA) is 143 Å². The minimum Gasteiger partial charge on any atom is -0.490 e. The Morgan fingerprint density at radius 3 is 2.29 bits per heavy atom. The zero-order valence-electron chi connectivity index (χ0n) is 33.5. The standard InChI is InChI=1S/C45H46ClN9O3S/c1-26-27(2)59-42-39(26)40(49-45(16-17-45)43-53-50-28(3)55(42)43)29-4-9-32(10-5-29)58-35-23-44(24-35)18-20-54(21-19-44)38-15-14-37(51-52-38)41(56)48-31-7-12-33(13-8-31)57-34-11-6-30(25-47)36(46)22-34/h4-6,9-11,14-15,22,31,33,35H,7-8,12-13,16-21,23-24H2,1-3H3,(H,48,56). The molecule has 5 heterocycles. The summed E-state index contributed by atoms with van der Waals surface area (Å²) in [5.41, 5.74) is 5.37. The van der Waals surface area contributed by atoms with Gasteiger partial charge in [0.15, 0.2) is 17.3 Å². The number of ether oxygens (including phenoxy) is 2. The number of hydrogen-bond acceptors (Lipinski definition) is 11. The molecule has 2 aliphatic heterocycles. The highest BCUT2D eigenvalue weighted by Gasteiger charge is 2.52. The predicted octanol–water partition coefficient (Wildman–Crippen LogP) is 8.36. The summed E-state index contributed by atoms with van der Waals surface area (Å²) in [6.45, 7) is 8.23. The number of aliphatic imine (C=N–C) groups is 1. The summed E-state index contributed by atoms with van der Waals surface area (Å²) in [6, 6.07) is 19.5. The number of benzene rings is 2. The number of nitrogens with one attached hydrogen (secondary N) is 1. The number of rotatable bonds is 8. The molecule has 3 aromatic heterocycles. The number of nitriles is 1. The molecule has 5 aromatic rings. The number of piperidine rings is 1. The van der Waals surface area contributed by atoms with Crippen molar-refractivity contribution in [2.24, 2.45) is 10.4 Å². The van der Waals surface area contributed by atoms with Gasteiger partial charge in [0, 0.05) is 41.2 Å². The highest BCUT2D eigenvalue weighted by Crippen LogP contribution is 2.53. The number of carbonyl (C=O) groups is 1. The average molecular weight is 828 g/mol. The summed E-state index contributed by atoms with van der Waals surface area (Å²) >= 11 is 7.96. The van der Waals surface area contributed by atoms with Gasteiger partial charge in [-0.15, -0.1) is 31.7 Å². The van der Waals surface area contributed by atoms with E-state index in [0.29, 0.717) is 27.4 Å². The maximum absolute atomic E-state index is 13.1. The molecule has 59 heavy (non-hydrogen) atoms. The van der Waals surface area contributed by atoms with E-state index in [4.69, 9.17) is 31.3 Å². The van der Waals surface area contributed by atoms with Crippen LogP contribution in [0.25, 0.3) is 5.00 Å². The third-order valence-electron chi connectivity index (χ3n) is 13.3. The van der Waals surface area contributed by atoms with Gasteiger partial charge in [0.2, 0.25) is 0 Å². The van der Waals surface area contributed by atoms with Crippen molar-refractivity contribution in [3.8, 4) is 22.6 Å². The van der Waals surface area contributed by atoms with Crippen LogP contribution < -0.4 is 19.7 Å². The number of aryl methyl sites for hydroxylation is 2. The summed E-state index contributed by atoms with van der Waals surface area (Å²) in [4.78, 5) is 22.1. The second kappa shape index (κ2) is 14.7. The summed E-state index contributed by atoms with van der Waals surface area (Å²) in [5.74, 6) is 4.05. The van der Waals surface area contributed by atoms with E-state index >= 15 is 0 Å². The lowest BCUT2D eigenvalue weighted by Crippen LogP contribution is -2.51. The quantitative estimate of drug-likeness (QED) is 0.163. The first-order chi connectivity index (χ1) is 28.6. The van der Waals surface area contributed by atoms with Crippen molar-refractivity contribution in [2.45, 2.75) is 109 Å². The largest absolute Gasteiger partial charge is 0.490 e. The fourth-order valence-electron chi connectivity index (χ4n) is 9.48. The first-order valence-corrected chi connectivity index (χ1v) is 21.9. The minimum atomic E-state index is -0.294. The van der Waals surface area contributed by atoms with Crippen molar-refractivity contribution in [2.75, 3.05) is 18.0 Å². The van der Waals surface area contributed by atoms with E-state index in [0.717, 1.165) is 112 Å². The second-order valence-electron chi connectivity index (χ2n) is 17.1. The molecule has 0 atom stereocenters. The average Bonchev–Trinajstić information content (AvgIpc) is 3.85. The number of nitrogens with zero attached hydrogens (tertiary/aromatic N) is 8. The summed E-state index contributed by atoms with van der Waals surface area (Å²) in [7, 11) is 0. The van der Waals surface area contributed by atoms with Gasteiger partial charge in [-0.05, 0) is 144 Å². The molecule has 5 aliphatic rings. The number of anilines is 1. The SMILES string of the molecule is Cc1sc2c(c1C)C(c1ccc(OC3CC4(CCN(c5ccc(C(=O)NC6CCC(Oc7ccc(C#N)c(Cl)c7)CC6)nn5)CC4)C3)cc1)=NC1(CC1)c1nnc(C)n1-2. The van der Waals surface area contributed by atoms with Crippen molar-refractivity contribution in [3.63, 3.8) is 0 Å². The van der Waals surface area contributed by atoms with Crippen LogP contribution in [0.3, 0.4) is 0 Å². The van der Waals surface area contributed by atoms with Crippen LogP contribution in [0.5, 0.6) is 11.5 Å². The third-order valence-corrected chi connectivity index (χ3v) is 14.8. The molecule has 2 aromatic carbocycles. The van der Waals surface area contributed by atoms with Gasteiger partial charge in [0.1, 0.15) is 33.9 Å². The first kappa shape index (κ1) is 37.9. The molecule has 2 spiro atoms. The second-order valence-corrected chi connectivity index (χ2v) is 18.7. The lowest BCUT2D eigenvalue weighted by atomic mass is 9.61. The molecule has 302 valence electrons. The molecule has 12 nitrogen and oxygen atoms in total. The van der Waals surface area contributed by atoms with Crippen LogP contribution in [0.2, 0.25) is 5.02 Å². The van der Waals surface area contributed by atoms with E-state index in [1.165, 1.54) is 21.0 Å². The Bertz CT molecular complexity index is 2500. The van der Waals surface area contributed by atoms with Gasteiger partial charge in [-0.1, -0.05) is 11.6 Å². The smallest absolute Gasteiger partial charge is 0.272 e. The molecule has 1 saturated heterocycles. The molecular formula is C45H46ClN9O3S. The van der Waals surface area contributed by atoms with Gasteiger partial charge in [0.25, 0.3) is 5.91 Å². The Morgan fingerprint density at radius 2 is 1.61 bits per heavy atom. The molecule has 0 unspecified atom stereocenters. The van der Waals surface area contributed by atoms with Gasteiger partial charge in [0.05, 0.1) is 28.5 Å². The summed E-state index contributed by atoms with van der Waals surface area (Å²) in [6.07, 6.45) is 9.71. The highest BCUT2D eigenvalue weighted by atomic mass is 35.5. The Labute approximate surface area is 352 Å². The predicted molar refractivity (Wildman–Crippen MR) is 226 cm³/mol. The zero-order valence-corrected chi connectivity index (χ0v) is 35.1. The maximum atomic E-state index is 13.1. The van der Waals surface area contributed by atoms with Crippen LogP contribution in [0, 0.1) is 37.5 Å². The molecule has 3 aliphatic carbocycles. The molecule has 3 saturated carbocycles. The Balaban J connectivity index is 0.697. The number of halogens is 1. The maximum Gasteiger partial charge on any atom is 0.272 e. The zero-order chi connectivity index (χ0) is 40.5. The van der Waals surface area contributed by atoms with Crippen molar-refractivity contribution in [3.05, 3.63) is 104 Å². The van der Waals surface area contributed by atoms with E-state index in [1.807, 2.05) is 13.0 Å². The van der Waals surface area contributed by atoms with E-state index in [-0.39, 0.29) is 29.7 Å². The lowest BCUT2D eigenvalue weighted by Gasteiger charge is -2.51. The van der Waals surface area contributed by atoms with Gasteiger partial charge in [-0.25, -0.2) is 0 Å². The molecule has 1 N–H and O–H groups in total. The van der Waals surface area contributed by atoms with Crippen LogP contribution in [0.4, 0.5) is 5.82 Å². The molecule has 1 amide bonds. The van der Waals surface area contributed by atoms with Gasteiger partial charge in [-0.3, -0.25) is 14.4 Å². The Hall–Kier alpha value is -5.32. The van der Waals surface area contributed by atoms with E-state index in [9.17, 15) is 4.79 Å². The van der Waals surface area contributed by atoms with Crippen molar-refractivity contribution in [1.82, 2.24) is 30.3 Å². The summed E-state index contributed by atoms with van der Waals surface area (Å²) in [5, 5.41) is 31.7. The fraction of sp³-hybridized carbons (Fsp3) is 0.444. The van der Waals surface area contributed by atoms with Gasteiger partial charge < -0.3 is 19.7 Å². The molecule has 0 radical (unpaired) electrons. The Kier molecular flexibility index (Phi) is 9.48. The monoisotopic (exact) mass is 827 g/mol. The number of fused-ring (bicyclic) bond motifs is 4. The van der Waals surface area contributed by atoms with Crippen molar-refractivity contribution in [1.29, 1.82) is 5.26 Å². The number of carbonyl (C=O) groups excluding carboxylic acids is 1. The van der Waals surface area contributed by atoms with Gasteiger partial charge >= 0.3 is 0 Å². The van der Waals surface area contributed by atoms with E-state index in [1.54, 1.807) is 35.6 Å². The lowest BCUT2D eigenvalue weighted by molar-refractivity contribution is -0.0311. The fourth-order valence-corrected chi connectivity index (χ4v) is 10.9. The number of hydrogen-bond donors (Lipinski definition) is 1. The van der Waals surface area contributed by atoms with E-state index < -0.39 is 0 Å². The normalized spacial score (nSPS) is 21.4. The van der Waals surface area contributed by atoms with Crippen molar-refractivity contribution < 1.29 is 14.3 Å². The molecule has 10 rings (SSSR count). The van der Waals surface area contributed by atoms with Gasteiger partial charge in [-0.2, -0.15) is 5.26 Å². The van der Waals surface area contributed by atoms with Crippen LogP contribution in [-0.4, -0.2) is 67.9 Å². The van der Waals surface area contributed by atoms with E-state index in [2.05, 4.69) is 79.4 Å². The molecule has 14 heteroatoms. The highest BCUT2D eigenvalue weighted by molar-refractivity contribution is 7.15. The van der Waals surface area contributed by atoms with Crippen LogP contribution in [-0.2, 0) is 5.54 Å². The van der Waals surface area contributed by atoms with Crippen LogP contribution in [0.15, 0.2) is 59.6 Å². The van der Waals surface area contributed by atoms with Crippen molar-refractivity contribution >= 4 is 40.4 Å². The third kappa shape index (κ3) is 7.04. The first-order valence-electron chi connectivity index (χ1n) is 20.8. The minimum absolute atomic E-state index is 0.0365. The number of amides is 1. The molecular weight excluding hydrogens is 782 g/mol. The Morgan fingerprint density at radius 1 is 0.881 bits per heavy atom. The summed E-state index contributed by atoms with van der Waals surface area (Å²) < 4.78 is 14.9.